The van der Waals surface area contributed by atoms with E-state index in [0.717, 1.165) is 58.2 Å². The van der Waals surface area contributed by atoms with Crippen molar-refractivity contribution < 1.29 is 4.74 Å². The van der Waals surface area contributed by atoms with Gasteiger partial charge in [0.25, 0.3) is 0 Å². The topological polar surface area (TPSA) is 36.9 Å². The van der Waals surface area contributed by atoms with E-state index >= 15 is 0 Å². The number of nitrogens with zero attached hydrogens (tertiary/aromatic N) is 2. The van der Waals surface area contributed by atoms with Crippen LogP contribution in [0.4, 0.5) is 0 Å². The third-order valence-corrected chi connectivity index (χ3v) is 7.11. The summed E-state index contributed by atoms with van der Waals surface area (Å²) in [6.07, 6.45) is 4.44. The second-order valence-corrected chi connectivity index (χ2v) is 9.78. The summed E-state index contributed by atoms with van der Waals surface area (Å²) in [5.74, 6) is 2.27. The minimum Gasteiger partial charge on any atom is -0.381 e. The molecule has 136 valence electrons. The second kappa shape index (κ2) is 9.97. The largest absolute Gasteiger partial charge is 0.381 e. The quantitative estimate of drug-likeness (QED) is 0.385. The summed E-state index contributed by atoms with van der Waals surface area (Å²) in [5, 5.41) is 3.50. The first-order chi connectivity index (χ1) is 10.5. The molecule has 2 fully saturated rings. The average Bonchev–Trinajstić information content (AvgIpc) is 2.51. The lowest BCUT2D eigenvalue weighted by atomic mass is 9.99. The molecule has 0 atom stereocenters. The van der Waals surface area contributed by atoms with Crippen molar-refractivity contribution in [2.45, 2.75) is 43.1 Å². The number of rotatable bonds is 4. The average molecular weight is 473 g/mol. The highest BCUT2D eigenvalue weighted by Gasteiger charge is 2.33. The maximum absolute atomic E-state index is 5.53. The molecule has 2 aliphatic heterocycles. The molecule has 0 aromatic heterocycles. The molecule has 1 N–H and O–H groups in total. The summed E-state index contributed by atoms with van der Waals surface area (Å²) in [6.45, 7) is 12.5. The molecule has 0 aliphatic carbocycles. The maximum Gasteiger partial charge on any atom is 0.194 e. The van der Waals surface area contributed by atoms with Crippen molar-refractivity contribution in [1.29, 1.82) is 0 Å². The second-order valence-electron chi connectivity index (χ2n) is 6.70. The van der Waals surface area contributed by atoms with Gasteiger partial charge in [-0.25, -0.2) is 0 Å². The number of hydrogen-bond donors (Lipinski definition) is 1. The van der Waals surface area contributed by atoms with Gasteiger partial charge in [-0.3, -0.25) is 4.99 Å². The Morgan fingerprint density at radius 2 is 2.04 bits per heavy atom. The van der Waals surface area contributed by atoms with Crippen molar-refractivity contribution in [2.75, 3.05) is 51.4 Å². The van der Waals surface area contributed by atoms with E-state index in [-0.39, 0.29) is 28.7 Å². The van der Waals surface area contributed by atoms with Gasteiger partial charge in [0.2, 0.25) is 0 Å². The van der Waals surface area contributed by atoms with Gasteiger partial charge in [0.05, 0.1) is 6.54 Å². The SMILES string of the molecule is CCNC(=NCC1(SC)CCOCC1)N1CCSC(C)(C)C1.I. The van der Waals surface area contributed by atoms with E-state index in [1.165, 1.54) is 5.75 Å². The van der Waals surface area contributed by atoms with Gasteiger partial charge in [-0.15, -0.1) is 24.0 Å². The van der Waals surface area contributed by atoms with Crippen molar-refractivity contribution in [3.8, 4) is 0 Å². The third kappa shape index (κ3) is 6.47. The number of guanidine groups is 1. The maximum atomic E-state index is 5.53. The zero-order chi connectivity index (χ0) is 16.1. The first-order valence-electron chi connectivity index (χ1n) is 8.30. The molecule has 2 saturated heterocycles. The van der Waals surface area contributed by atoms with Crippen molar-refractivity contribution in [1.82, 2.24) is 10.2 Å². The predicted octanol–water partition coefficient (Wildman–Crippen LogP) is 3.31. The van der Waals surface area contributed by atoms with Crippen LogP contribution < -0.4 is 5.32 Å². The molecule has 4 nitrogen and oxygen atoms in total. The van der Waals surface area contributed by atoms with Crippen molar-refractivity contribution >= 4 is 53.5 Å². The summed E-state index contributed by atoms with van der Waals surface area (Å²) in [5.41, 5.74) is 0. The van der Waals surface area contributed by atoms with Crippen molar-refractivity contribution in [2.24, 2.45) is 4.99 Å². The van der Waals surface area contributed by atoms with Crippen LogP contribution in [0.5, 0.6) is 0 Å². The molecule has 0 radical (unpaired) electrons. The van der Waals surface area contributed by atoms with Crippen LogP contribution in [-0.4, -0.2) is 71.8 Å². The minimum absolute atomic E-state index is 0. The van der Waals surface area contributed by atoms with Crippen LogP contribution in [0.1, 0.15) is 33.6 Å². The van der Waals surface area contributed by atoms with Gasteiger partial charge in [0, 0.05) is 48.1 Å². The minimum atomic E-state index is 0. The van der Waals surface area contributed by atoms with Crippen LogP contribution in [0, 0.1) is 0 Å². The van der Waals surface area contributed by atoms with Crippen molar-refractivity contribution in [3.05, 3.63) is 0 Å². The van der Waals surface area contributed by atoms with E-state index in [1.807, 2.05) is 11.8 Å². The number of halogens is 1. The van der Waals surface area contributed by atoms with Gasteiger partial charge in [-0.2, -0.15) is 23.5 Å². The van der Waals surface area contributed by atoms with E-state index < -0.39 is 0 Å². The lowest BCUT2D eigenvalue weighted by Crippen LogP contribution is -2.51. The highest BCUT2D eigenvalue weighted by atomic mass is 127. The Morgan fingerprint density at radius 3 is 2.61 bits per heavy atom. The smallest absolute Gasteiger partial charge is 0.194 e. The fourth-order valence-electron chi connectivity index (χ4n) is 3.01. The van der Waals surface area contributed by atoms with Gasteiger partial charge in [-0.1, -0.05) is 0 Å². The lowest BCUT2D eigenvalue weighted by Gasteiger charge is -2.40. The Balaban J connectivity index is 0.00000264. The Labute approximate surface area is 167 Å². The standard InChI is InChI=1S/C16H31N3OS2.HI/c1-5-17-14(19-8-11-22-15(2,3)13-19)18-12-16(21-4)6-9-20-10-7-16;/h5-13H2,1-4H3,(H,17,18);1H. The van der Waals surface area contributed by atoms with E-state index in [0.29, 0.717) is 4.75 Å². The summed E-state index contributed by atoms with van der Waals surface area (Å²) in [7, 11) is 0. The molecule has 0 unspecified atom stereocenters. The fourth-order valence-corrected chi connectivity index (χ4v) is 4.89. The van der Waals surface area contributed by atoms with Crippen LogP contribution in [0.2, 0.25) is 0 Å². The number of aliphatic imine (C=N–C) groups is 1. The molecule has 0 saturated carbocycles. The Bertz CT molecular complexity index is 388. The van der Waals surface area contributed by atoms with Gasteiger partial charge in [-0.05, 0) is 39.9 Å². The highest BCUT2D eigenvalue weighted by molar-refractivity contribution is 14.0. The Kier molecular flexibility index (Phi) is 9.40. The lowest BCUT2D eigenvalue weighted by molar-refractivity contribution is 0.0793. The van der Waals surface area contributed by atoms with Gasteiger partial charge < -0.3 is 15.0 Å². The number of nitrogens with one attached hydrogen (secondary N) is 1. The van der Waals surface area contributed by atoms with E-state index in [2.05, 4.69) is 49.0 Å². The van der Waals surface area contributed by atoms with Gasteiger partial charge >= 0.3 is 0 Å². The molecule has 0 aromatic rings. The molecule has 23 heavy (non-hydrogen) atoms. The molecule has 2 rings (SSSR count). The van der Waals surface area contributed by atoms with Crippen LogP contribution in [0.15, 0.2) is 4.99 Å². The number of thioether (sulfide) groups is 2. The highest BCUT2D eigenvalue weighted by Crippen LogP contribution is 2.34. The van der Waals surface area contributed by atoms with E-state index in [9.17, 15) is 0 Å². The van der Waals surface area contributed by atoms with E-state index in [1.54, 1.807) is 0 Å². The van der Waals surface area contributed by atoms with Gasteiger partial charge in [0.1, 0.15) is 0 Å². The van der Waals surface area contributed by atoms with Crippen LogP contribution >= 0.6 is 47.5 Å². The first-order valence-corrected chi connectivity index (χ1v) is 10.5. The number of hydrogen-bond acceptors (Lipinski definition) is 4. The summed E-state index contributed by atoms with van der Waals surface area (Å²) in [4.78, 5) is 7.45. The molecule has 7 heteroatoms. The summed E-state index contributed by atoms with van der Waals surface area (Å²) in [6, 6.07) is 0. The van der Waals surface area contributed by atoms with Crippen molar-refractivity contribution in [3.63, 3.8) is 0 Å². The summed E-state index contributed by atoms with van der Waals surface area (Å²) >= 11 is 4.03. The molecule has 0 aromatic carbocycles. The Hall–Kier alpha value is 0.660. The Morgan fingerprint density at radius 1 is 1.35 bits per heavy atom. The molecular formula is C16H32IN3OS2. The molecule has 0 spiro atoms. The molecule has 2 aliphatic rings. The molecule has 2 heterocycles. The third-order valence-electron chi connectivity index (χ3n) is 4.41. The number of ether oxygens (including phenoxy) is 1. The molecular weight excluding hydrogens is 441 g/mol. The fraction of sp³-hybridized carbons (Fsp3) is 0.938. The predicted molar refractivity (Wildman–Crippen MR) is 116 cm³/mol. The molecule has 0 amide bonds. The van der Waals surface area contributed by atoms with Gasteiger partial charge in [0.15, 0.2) is 5.96 Å². The summed E-state index contributed by atoms with van der Waals surface area (Å²) < 4.78 is 6.11. The van der Waals surface area contributed by atoms with E-state index in [4.69, 9.17) is 9.73 Å². The zero-order valence-corrected chi connectivity index (χ0v) is 18.9. The van der Waals surface area contributed by atoms with Crippen LogP contribution in [0.25, 0.3) is 0 Å². The first kappa shape index (κ1) is 21.7. The zero-order valence-electron chi connectivity index (χ0n) is 14.9. The molecule has 0 bridgehead atoms. The monoisotopic (exact) mass is 473 g/mol. The van der Waals surface area contributed by atoms with Crippen LogP contribution in [-0.2, 0) is 4.74 Å². The van der Waals surface area contributed by atoms with Crippen LogP contribution in [0.3, 0.4) is 0 Å². The normalized spacial score (nSPS) is 24.0.